The second-order valence-electron chi connectivity index (χ2n) is 8.74. The van der Waals surface area contributed by atoms with Gasteiger partial charge in [-0.3, -0.25) is 14.4 Å². The lowest BCUT2D eigenvalue weighted by Gasteiger charge is -2.13. The molecule has 0 aliphatic carbocycles. The summed E-state index contributed by atoms with van der Waals surface area (Å²) in [7, 11) is 3.17. The number of ketones is 2. The van der Waals surface area contributed by atoms with Crippen LogP contribution in [0.15, 0.2) is 46.2 Å². The van der Waals surface area contributed by atoms with Crippen molar-refractivity contribution in [1.82, 2.24) is 4.98 Å². The minimum Gasteiger partial charge on any atom is -0.496 e. The number of benzene rings is 1. The first kappa shape index (κ1) is 30.8. The number of carbonyl (C=O) groups excluding carboxylic acids is 3. The maximum absolute atomic E-state index is 12.3. The first-order valence-electron chi connectivity index (χ1n) is 12.7. The van der Waals surface area contributed by atoms with Crippen molar-refractivity contribution in [1.29, 1.82) is 0 Å². The molecule has 0 aliphatic heterocycles. The van der Waals surface area contributed by atoms with E-state index in [-0.39, 0.29) is 37.2 Å². The Morgan fingerprint density at radius 3 is 2.52 bits per heavy atom. The third-order valence-electron chi connectivity index (χ3n) is 5.96. The number of anilines is 1. The molecule has 9 nitrogen and oxygen atoms in total. The number of nitrogens with zero attached hydrogens (tertiary/aromatic N) is 1. The van der Waals surface area contributed by atoms with Gasteiger partial charge in [0.1, 0.15) is 12.0 Å². The Morgan fingerprint density at radius 2 is 1.85 bits per heavy atom. The topological polar surface area (TPSA) is 132 Å². The standard InChI is InChI=1S/C29H32N2O7S2/c1-4-25(21(33)8-6-14-32)39-19-10-9-18(23(15-19)37-2)7-5-13-30-29-24(38-3)17-26-20(31-29)16-27(40-26)22(34)11-12-28(35)36/h4,9-10,14-17H,5-8,11-13H2,1-3H3,(H,30,31)(H,35,36)/b25-4-. The molecule has 40 heavy (non-hydrogen) atoms. The Hall–Kier alpha value is -3.70. The number of carbonyl (C=O) groups is 4. The average Bonchev–Trinajstić information content (AvgIpc) is 3.38. The molecule has 11 heteroatoms. The van der Waals surface area contributed by atoms with Crippen LogP contribution >= 0.6 is 23.1 Å². The van der Waals surface area contributed by atoms with E-state index in [0.717, 1.165) is 40.0 Å². The van der Waals surface area contributed by atoms with Crippen molar-refractivity contribution in [3.8, 4) is 11.5 Å². The summed E-state index contributed by atoms with van der Waals surface area (Å²) in [6, 6.07) is 9.37. The molecule has 2 N–H and O–H groups in total. The van der Waals surface area contributed by atoms with Gasteiger partial charge in [-0.2, -0.15) is 0 Å². The van der Waals surface area contributed by atoms with Crippen molar-refractivity contribution >= 4 is 63.0 Å². The van der Waals surface area contributed by atoms with E-state index in [1.165, 1.54) is 23.1 Å². The van der Waals surface area contributed by atoms with Crippen molar-refractivity contribution in [2.45, 2.75) is 50.3 Å². The molecule has 0 unspecified atom stereocenters. The molecule has 0 bridgehead atoms. The molecule has 0 fully saturated rings. The molecule has 0 amide bonds. The summed E-state index contributed by atoms with van der Waals surface area (Å²) in [6.07, 6.45) is 4.18. The number of aromatic nitrogens is 1. The van der Waals surface area contributed by atoms with Crippen LogP contribution in [-0.4, -0.2) is 54.7 Å². The van der Waals surface area contributed by atoms with Crippen LogP contribution < -0.4 is 14.8 Å². The predicted molar refractivity (Wildman–Crippen MR) is 157 cm³/mol. The number of methoxy groups -OCH3 is 2. The van der Waals surface area contributed by atoms with Crippen LogP contribution in [0.1, 0.15) is 54.3 Å². The van der Waals surface area contributed by atoms with E-state index in [9.17, 15) is 19.2 Å². The Labute approximate surface area is 241 Å². The van der Waals surface area contributed by atoms with Crippen molar-refractivity contribution in [2.75, 3.05) is 26.1 Å². The van der Waals surface area contributed by atoms with Gasteiger partial charge in [0, 0.05) is 36.8 Å². The first-order chi connectivity index (χ1) is 19.3. The van der Waals surface area contributed by atoms with Crippen LogP contribution in [0.3, 0.4) is 0 Å². The maximum Gasteiger partial charge on any atom is 0.303 e. The molecule has 0 radical (unpaired) electrons. The molecule has 0 saturated carbocycles. The number of hydrogen-bond acceptors (Lipinski definition) is 10. The molecule has 3 aromatic rings. The van der Waals surface area contributed by atoms with Gasteiger partial charge in [-0.1, -0.05) is 23.9 Å². The van der Waals surface area contributed by atoms with Gasteiger partial charge >= 0.3 is 5.97 Å². The lowest BCUT2D eigenvalue weighted by atomic mass is 10.1. The molecule has 1 aromatic carbocycles. The fourth-order valence-electron chi connectivity index (χ4n) is 3.91. The van der Waals surface area contributed by atoms with Gasteiger partial charge in [-0.25, -0.2) is 4.98 Å². The highest BCUT2D eigenvalue weighted by Gasteiger charge is 2.16. The number of aldehydes is 1. The number of rotatable bonds is 17. The number of carboxylic acids is 1. The zero-order chi connectivity index (χ0) is 29.1. The van der Waals surface area contributed by atoms with Crippen LogP contribution in [0.25, 0.3) is 10.2 Å². The third kappa shape index (κ3) is 8.40. The Morgan fingerprint density at radius 1 is 1.07 bits per heavy atom. The SMILES string of the molecule is C/C=C(\Sc1ccc(CCCNc2nc3cc(C(=O)CCC(=O)O)sc3cc2OC)c(OC)c1)C(=O)CCC=O. The number of hydrogen-bond donors (Lipinski definition) is 2. The van der Waals surface area contributed by atoms with E-state index in [0.29, 0.717) is 33.4 Å². The summed E-state index contributed by atoms with van der Waals surface area (Å²) in [4.78, 5) is 52.6. The zero-order valence-electron chi connectivity index (χ0n) is 22.7. The molecule has 212 valence electrons. The van der Waals surface area contributed by atoms with E-state index in [2.05, 4.69) is 10.3 Å². The van der Waals surface area contributed by atoms with Gasteiger partial charge in [0.2, 0.25) is 0 Å². The number of allylic oxidation sites excluding steroid dienone is 2. The quantitative estimate of drug-likeness (QED) is 0.0645. The van der Waals surface area contributed by atoms with E-state index >= 15 is 0 Å². The second-order valence-corrected chi connectivity index (χ2v) is 10.9. The van der Waals surface area contributed by atoms with Crippen LogP contribution in [0, 0.1) is 0 Å². The maximum atomic E-state index is 12.3. The summed E-state index contributed by atoms with van der Waals surface area (Å²) >= 11 is 2.63. The van der Waals surface area contributed by atoms with E-state index in [4.69, 9.17) is 14.6 Å². The average molecular weight is 585 g/mol. The van der Waals surface area contributed by atoms with E-state index < -0.39 is 5.97 Å². The number of fused-ring (bicyclic) bond motifs is 1. The minimum absolute atomic E-state index is 0.0521. The van der Waals surface area contributed by atoms with Crippen molar-refractivity contribution in [3.05, 3.63) is 51.8 Å². The van der Waals surface area contributed by atoms with Gasteiger partial charge in [-0.05, 0) is 43.5 Å². The molecule has 0 aliphatic rings. The highest BCUT2D eigenvalue weighted by Crippen LogP contribution is 2.34. The number of ether oxygens (including phenoxy) is 2. The molecule has 3 rings (SSSR count). The van der Waals surface area contributed by atoms with Gasteiger partial charge in [0.05, 0.1) is 40.6 Å². The Balaban J connectivity index is 1.62. The number of aryl methyl sites for hydroxylation is 1. The minimum atomic E-state index is -1.00. The number of carboxylic acid groups (broad SMARTS) is 1. The smallest absolute Gasteiger partial charge is 0.303 e. The first-order valence-corrected chi connectivity index (χ1v) is 14.4. The molecule has 2 heterocycles. The van der Waals surface area contributed by atoms with Crippen LogP contribution in [0.4, 0.5) is 5.82 Å². The highest BCUT2D eigenvalue weighted by atomic mass is 32.2. The number of nitrogens with one attached hydrogen (secondary N) is 1. The summed E-state index contributed by atoms with van der Waals surface area (Å²) in [5.74, 6) is 0.573. The largest absolute Gasteiger partial charge is 0.496 e. The molecule has 2 aromatic heterocycles. The zero-order valence-corrected chi connectivity index (χ0v) is 24.3. The predicted octanol–water partition coefficient (Wildman–Crippen LogP) is 5.95. The van der Waals surface area contributed by atoms with Gasteiger partial charge < -0.3 is 24.7 Å². The second kappa shape index (κ2) is 15.2. The Kier molecular flexibility index (Phi) is 11.7. The summed E-state index contributed by atoms with van der Waals surface area (Å²) in [5, 5.41) is 12.1. The molecule has 0 saturated heterocycles. The van der Waals surface area contributed by atoms with Gasteiger partial charge in [0.15, 0.2) is 23.1 Å². The van der Waals surface area contributed by atoms with Crippen LogP contribution in [0.5, 0.6) is 11.5 Å². The number of Topliss-reactive ketones (excluding diaryl/α,β-unsaturated/α-hetero) is 2. The molecular weight excluding hydrogens is 552 g/mol. The normalized spacial score (nSPS) is 11.3. The third-order valence-corrected chi connectivity index (χ3v) is 8.24. The van der Waals surface area contributed by atoms with Gasteiger partial charge in [0.25, 0.3) is 0 Å². The summed E-state index contributed by atoms with van der Waals surface area (Å²) < 4.78 is 11.9. The number of aliphatic carboxylic acids is 1. The Bertz CT molecular complexity index is 1410. The highest BCUT2D eigenvalue weighted by molar-refractivity contribution is 8.04. The van der Waals surface area contributed by atoms with E-state index in [1.54, 1.807) is 33.3 Å². The lowest BCUT2D eigenvalue weighted by molar-refractivity contribution is -0.137. The number of thioether (sulfide) groups is 1. The summed E-state index contributed by atoms with van der Waals surface area (Å²) in [5.41, 5.74) is 1.67. The number of thiophene rings is 1. The summed E-state index contributed by atoms with van der Waals surface area (Å²) in [6.45, 7) is 2.41. The fraction of sp³-hybridized carbons (Fsp3) is 0.345. The van der Waals surface area contributed by atoms with Crippen LogP contribution in [0.2, 0.25) is 0 Å². The van der Waals surface area contributed by atoms with Crippen LogP contribution in [-0.2, 0) is 20.8 Å². The van der Waals surface area contributed by atoms with Gasteiger partial charge in [-0.15, -0.1) is 11.3 Å². The monoisotopic (exact) mass is 584 g/mol. The fourth-order valence-corrected chi connectivity index (χ4v) is 5.80. The lowest BCUT2D eigenvalue weighted by Crippen LogP contribution is -2.06. The van der Waals surface area contributed by atoms with E-state index in [1.807, 2.05) is 24.3 Å². The van der Waals surface area contributed by atoms with Crippen molar-refractivity contribution in [2.24, 2.45) is 0 Å². The van der Waals surface area contributed by atoms with Crippen molar-refractivity contribution in [3.63, 3.8) is 0 Å². The number of pyridine rings is 1. The molecule has 0 atom stereocenters. The molecular formula is C29H32N2O7S2. The van der Waals surface area contributed by atoms with Crippen molar-refractivity contribution < 1.29 is 33.8 Å². The molecule has 0 spiro atoms.